The minimum atomic E-state index is 0.722. The summed E-state index contributed by atoms with van der Waals surface area (Å²) in [6.07, 6.45) is 4.78. The quantitative estimate of drug-likeness (QED) is 0.675. The third-order valence-corrected chi connectivity index (χ3v) is 2.95. The molecule has 3 aromatic rings. The van der Waals surface area contributed by atoms with Crippen LogP contribution in [0.25, 0.3) is 17.1 Å². The van der Waals surface area contributed by atoms with Crippen LogP contribution in [0.4, 0.5) is 0 Å². The number of hydrogen-bond donors (Lipinski definition) is 0. The van der Waals surface area contributed by atoms with Crippen molar-refractivity contribution >= 4 is 11.6 Å². The first-order valence-electron chi connectivity index (χ1n) is 5.61. The van der Waals surface area contributed by atoms with Crippen LogP contribution >= 0.6 is 11.6 Å². The van der Waals surface area contributed by atoms with E-state index in [-0.39, 0.29) is 0 Å². The van der Waals surface area contributed by atoms with Gasteiger partial charge in [-0.3, -0.25) is 4.57 Å². The maximum absolute atomic E-state index is 5.89. The van der Waals surface area contributed by atoms with Crippen LogP contribution in [0.3, 0.4) is 0 Å². The number of imidazole rings is 1. The number of aromatic nitrogens is 2. The lowest BCUT2D eigenvalue weighted by Gasteiger charge is -2.07. The van der Waals surface area contributed by atoms with Crippen molar-refractivity contribution in [2.24, 2.45) is 0 Å². The summed E-state index contributed by atoms with van der Waals surface area (Å²) in [5.41, 5.74) is 2.06. The standard InChI is InChI=1S/C15H10ClN2/c16-13-6-8-14(9-7-13)18-11-10-17-15(18)12-4-2-1-3-5-12/h1-10H. The molecule has 1 aromatic heterocycles. The summed E-state index contributed by atoms with van der Waals surface area (Å²) >= 11 is 5.89. The van der Waals surface area contributed by atoms with Gasteiger partial charge >= 0.3 is 0 Å². The highest BCUT2D eigenvalue weighted by molar-refractivity contribution is 6.30. The van der Waals surface area contributed by atoms with Gasteiger partial charge in [-0.25, -0.2) is 4.98 Å². The maximum Gasteiger partial charge on any atom is 0.145 e. The lowest BCUT2D eigenvalue weighted by atomic mass is 10.2. The smallest absolute Gasteiger partial charge is 0.145 e. The van der Waals surface area contributed by atoms with Gasteiger partial charge in [0, 0.05) is 16.3 Å². The van der Waals surface area contributed by atoms with Gasteiger partial charge in [0.25, 0.3) is 0 Å². The normalized spacial score (nSPS) is 10.5. The van der Waals surface area contributed by atoms with E-state index in [0.717, 1.165) is 22.1 Å². The Morgan fingerprint density at radius 3 is 2.39 bits per heavy atom. The third kappa shape index (κ3) is 2.03. The topological polar surface area (TPSA) is 17.8 Å². The van der Waals surface area contributed by atoms with Gasteiger partial charge in [-0.1, -0.05) is 41.9 Å². The van der Waals surface area contributed by atoms with Crippen LogP contribution in [0, 0.1) is 6.20 Å². The van der Waals surface area contributed by atoms with E-state index in [2.05, 4.69) is 11.2 Å². The number of benzene rings is 2. The molecule has 3 rings (SSSR count). The van der Waals surface area contributed by atoms with Gasteiger partial charge in [0.1, 0.15) is 5.82 Å². The number of rotatable bonds is 2. The molecule has 87 valence electrons. The number of nitrogens with zero attached hydrogens (tertiary/aromatic N) is 2. The molecular formula is C15H10ClN2. The number of halogens is 1. The van der Waals surface area contributed by atoms with Gasteiger partial charge in [0.2, 0.25) is 0 Å². The fourth-order valence-corrected chi connectivity index (χ4v) is 1.97. The first-order chi connectivity index (χ1) is 8.84. The molecular weight excluding hydrogens is 244 g/mol. The summed E-state index contributed by atoms with van der Waals surface area (Å²) in [5, 5.41) is 0.722. The fourth-order valence-electron chi connectivity index (χ4n) is 1.84. The Balaban J connectivity index is 2.10. The molecule has 1 radical (unpaired) electrons. The van der Waals surface area contributed by atoms with Crippen LogP contribution in [-0.2, 0) is 0 Å². The van der Waals surface area contributed by atoms with Crippen LogP contribution in [0.15, 0.2) is 60.8 Å². The average molecular weight is 254 g/mol. The molecule has 0 aliphatic carbocycles. The predicted octanol–water partition coefficient (Wildman–Crippen LogP) is 3.99. The summed E-state index contributed by atoms with van der Waals surface area (Å²) in [7, 11) is 0. The Morgan fingerprint density at radius 1 is 0.944 bits per heavy atom. The van der Waals surface area contributed by atoms with Crippen molar-refractivity contribution in [1.82, 2.24) is 9.55 Å². The zero-order valence-corrected chi connectivity index (χ0v) is 10.3. The van der Waals surface area contributed by atoms with Crippen LogP contribution in [0.1, 0.15) is 0 Å². The molecule has 0 N–H and O–H groups in total. The van der Waals surface area contributed by atoms with Crippen LogP contribution in [-0.4, -0.2) is 9.55 Å². The summed E-state index contributed by atoms with van der Waals surface area (Å²) in [5.74, 6) is 0.873. The lowest BCUT2D eigenvalue weighted by molar-refractivity contribution is 1.06. The molecule has 0 aliphatic rings. The predicted molar refractivity (Wildman–Crippen MR) is 72.8 cm³/mol. The van der Waals surface area contributed by atoms with E-state index >= 15 is 0 Å². The van der Waals surface area contributed by atoms with Crippen LogP contribution in [0.2, 0.25) is 5.02 Å². The summed E-state index contributed by atoms with van der Waals surface area (Å²) < 4.78 is 1.92. The highest BCUT2D eigenvalue weighted by Crippen LogP contribution is 2.21. The Hall–Kier alpha value is -2.06. The van der Waals surface area contributed by atoms with Crippen molar-refractivity contribution in [1.29, 1.82) is 0 Å². The van der Waals surface area contributed by atoms with Gasteiger partial charge < -0.3 is 0 Å². The molecule has 2 nitrogen and oxygen atoms in total. The lowest BCUT2D eigenvalue weighted by Crippen LogP contribution is -1.96. The second-order valence-electron chi connectivity index (χ2n) is 3.89. The molecule has 0 spiro atoms. The molecule has 3 heteroatoms. The Bertz CT molecular complexity index is 642. The van der Waals surface area contributed by atoms with Crippen molar-refractivity contribution < 1.29 is 0 Å². The molecule has 0 fully saturated rings. The fraction of sp³-hybridized carbons (Fsp3) is 0. The summed E-state index contributed by atoms with van der Waals surface area (Å²) in [6, 6.07) is 17.7. The van der Waals surface area contributed by atoms with E-state index in [1.165, 1.54) is 0 Å². The monoisotopic (exact) mass is 253 g/mol. The van der Waals surface area contributed by atoms with Gasteiger partial charge in [-0.2, -0.15) is 0 Å². The molecule has 1 heterocycles. The minimum Gasteiger partial charge on any atom is -0.291 e. The molecule has 0 aliphatic heterocycles. The first-order valence-corrected chi connectivity index (χ1v) is 5.99. The molecule has 0 bridgehead atoms. The Morgan fingerprint density at radius 2 is 1.67 bits per heavy atom. The van der Waals surface area contributed by atoms with E-state index in [9.17, 15) is 0 Å². The highest BCUT2D eigenvalue weighted by atomic mass is 35.5. The molecule has 0 amide bonds. The maximum atomic E-state index is 5.89. The van der Waals surface area contributed by atoms with Gasteiger partial charge in [-0.05, 0) is 24.3 Å². The van der Waals surface area contributed by atoms with Crippen molar-refractivity contribution in [2.75, 3.05) is 0 Å². The zero-order chi connectivity index (χ0) is 12.4. The summed E-state index contributed by atoms with van der Waals surface area (Å²) in [4.78, 5) is 4.36. The van der Waals surface area contributed by atoms with Gasteiger partial charge in [-0.15, -0.1) is 0 Å². The van der Waals surface area contributed by atoms with Crippen molar-refractivity contribution in [3.63, 3.8) is 0 Å². The summed E-state index contributed by atoms with van der Waals surface area (Å²) in [6.45, 7) is 0. The third-order valence-electron chi connectivity index (χ3n) is 2.70. The first kappa shape index (κ1) is 11.1. The van der Waals surface area contributed by atoms with E-state index in [1.807, 2.05) is 59.2 Å². The second kappa shape index (κ2) is 4.67. The van der Waals surface area contributed by atoms with E-state index in [1.54, 1.807) is 6.20 Å². The van der Waals surface area contributed by atoms with Gasteiger partial charge in [0.15, 0.2) is 0 Å². The largest absolute Gasteiger partial charge is 0.291 e. The Kier molecular flexibility index (Phi) is 2.87. The molecule has 0 saturated carbocycles. The van der Waals surface area contributed by atoms with E-state index in [4.69, 9.17) is 11.6 Å². The highest BCUT2D eigenvalue weighted by Gasteiger charge is 2.07. The van der Waals surface area contributed by atoms with E-state index in [0.29, 0.717) is 0 Å². The molecule has 2 aromatic carbocycles. The zero-order valence-electron chi connectivity index (χ0n) is 9.55. The molecule has 0 unspecified atom stereocenters. The van der Waals surface area contributed by atoms with Crippen molar-refractivity contribution in [2.45, 2.75) is 0 Å². The number of hydrogen-bond acceptors (Lipinski definition) is 1. The Labute approximate surface area is 110 Å². The SMILES string of the molecule is Clc1ccc(-n2[c]cnc2-c2ccccc2)cc1. The average Bonchev–Trinajstić information content (AvgIpc) is 2.90. The van der Waals surface area contributed by atoms with Crippen LogP contribution in [0.5, 0.6) is 0 Å². The van der Waals surface area contributed by atoms with Crippen molar-refractivity contribution in [3.8, 4) is 17.1 Å². The van der Waals surface area contributed by atoms with E-state index < -0.39 is 0 Å². The van der Waals surface area contributed by atoms with Gasteiger partial charge in [0.05, 0.1) is 12.4 Å². The van der Waals surface area contributed by atoms with Crippen molar-refractivity contribution in [3.05, 3.63) is 72.0 Å². The molecule has 0 saturated heterocycles. The molecule has 18 heavy (non-hydrogen) atoms. The van der Waals surface area contributed by atoms with Crippen LogP contribution < -0.4 is 0 Å². The molecule has 0 atom stereocenters. The second-order valence-corrected chi connectivity index (χ2v) is 4.33. The minimum absolute atomic E-state index is 0.722.